The Kier molecular flexibility index (Phi) is 3.91. The fourth-order valence-corrected chi connectivity index (χ4v) is 2.98. The predicted molar refractivity (Wildman–Crippen MR) is 68.3 cm³/mol. The molecule has 18 heavy (non-hydrogen) atoms. The maximum atomic E-state index is 13.9. The summed E-state index contributed by atoms with van der Waals surface area (Å²) >= 11 is 5.73. The van der Waals surface area contributed by atoms with Crippen molar-refractivity contribution in [2.75, 3.05) is 0 Å². The van der Waals surface area contributed by atoms with Crippen LogP contribution in [0.4, 0.5) is 4.39 Å². The Morgan fingerprint density at radius 3 is 2.78 bits per heavy atom. The molecular weight excluding hydrogens is 255 g/mol. The first-order valence-corrected chi connectivity index (χ1v) is 6.54. The molecule has 1 aliphatic rings. The highest BCUT2D eigenvalue weighted by Gasteiger charge is 2.35. The molecule has 98 valence electrons. The van der Waals surface area contributed by atoms with Crippen LogP contribution in [0.25, 0.3) is 0 Å². The van der Waals surface area contributed by atoms with Crippen molar-refractivity contribution in [2.24, 2.45) is 11.8 Å². The number of benzene rings is 1. The Hall–Kier alpha value is -1.09. The van der Waals surface area contributed by atoms with Crippen molar-refractivity contribution in [1.82, 2.24) is 0 Å². The van der Waals surface area contributed by atoms with Crippen molar-refractivity contribution >= 4 is 17.6 Å². The lowest BCUT2D eigenvalue weighted by atomic mass is 9.71. The Labute approximate surface area is 111 Å². The fraction of sp³-hybridized carbons (Fsp3) is 0.500. The molecular formula is C14H16ClFO2. The van der Waals surface area contributed by atoms with Crippen LogP contribution < -0.4 is 0 Å². The van der Waals surface area contributed by atoms with Gasteiger partial charge in [0.2, 0.25) is 0 Å². The van der Waals surface area contributed by atoms with Gasteiger partial charge in [-0.15, -0.1) is 0 Å². The largest absolute Gasteiger partial charge is 0.481 e. The highest BCUT2D eigenvalue weighted by atomic mass is 35.5. The van der Waals surface area contributed by atoms with Gasteiger partial charge in [-0.05, 0) is 42.9 Å². The van der Waals surface area contributed by atoms with Gasteiger partial charge in [0.15, 0.2) is 0 Å². The van der Waals surface area contributed by atoms with E-state index in [1.54, 1.807) is 12.1 Å². The first-order valence-electron chi connectivity index (χ1n) is 6.16. The minimum Gasteiger partial charge on any atom is -0.481 e. The molecule has 4 heteroatoms. The molecule has 1 N–H and O–H groups in total. The number of hydrogen-bond acceptors (Lipinski definition) is 1. The average Bonchev–Trinajstić information content (AvgIpc) is 2.28. The maximum absolute atomic E-state index is 13.9. The third-order valence-corrected chi connectivity index (χ3v) is 4.03. The first kappa shape index (κ1) is 13.3. The Bertz CT molecular complexity index is 461. The van der Waals surface area contributed by atoms with E-state index in [-0.39, 0.29) is 5.92 Å². The Morgan fingerprint density at radius 2 is 2.17 bits per heavy atom. The van der Waals surface area contributed by atoms with Gasteiger partial charge in [-0.3, -0.25) is 4.79 Å². The summed E-state index contributed by atoms with van der Waals surface area (Å²) in [5.41, 5.74) is 0.485. The number of aliphatic carboxylic acids is 1. The van der Waals surface area contributed by atoms with Gasteiger partial charge in [-0.25, -0.2) is 4.39 Å². The normalized spacial score (nSPS) is 28.1. The zero-order valence-electron chi connectivity index (χ0n) is 10.2. The van der Waals surface area contributed by atoms with Gasteiger partial charge in [0.25, 0.3) is 0 Å². The molecule has 1 aromatic carbocycles. The van der Waals surface area contributed by atoms with Crippen LogP contribution in [-0.4, -0.2) is 11.1 Å². The lowest BCUT2D eigenvalue weighted by Gasteiger charge is -2.32. The second-order valence-electron chi connectivity index (χ2n) is 5.14. The quantitative estimate of drug-likeness (QED) is 0.879. The summed E-state index contributed by atoms with van der Waals surface area (Å²) in [6.45, 7) is 2.08. The lowest BCUT2D eigenvalue weighted by Crippen LogP contribution is -2.29. The number of carboxylic acid groups (broad SMARTS) is 1. The summed E-state index contributed by atoms with van der Waals surface area (Å²) in [5.74, 6) is -1.53. The average molecular weight is 271 g/mol. The molecule has 0 bridgehead atoms. The summed E-state index contributed by atoms with van der Waals surface area (Å²) in [6.07, 6.45) is 2.22. The molecule has 3 unspecified atom stereocenters. The van der Waals surface area contributed by atoms with Gasteiger partial charge in [0.05, 0.1) is 5.92 Å². The molecule has 2 nitrogen and oxygen atoms in total. The van der Waals surface area contributed by atoms with Gasteiger partial charge in [-0.1, -0.05) is 24.6 Å². The van der Waals surface area contributed by atoms with Crippen LogP contribution in [0.5, 0.6) is 0 Å². The number of halogens is 2. The van der Waals surface area contributed by atoms with Crippen LogP contribution in [0.3, 0.4) is 0 Å². The fourth-order valence-electron chi connectivity index (χ4n) is 2.82. The van der Waals surface area contributed by atoms with Gasteiger partial charge >= 0.3 is 5.97 Å². The number of carbonyl (C=O) groups is 1. The summed E-state index contributed by atoms with van der Waals surface area (Å²) in [5, 5.41) is 9.59. The van der Waals surface area contributed by atoms with E-state index in [9.17, 15) is 14.3 Å². The maximum Gasteiger partial charge on any atom is 0.307 e. The van der Waals surface area contributed by atoms with E-state index in [1.807, 2.05) is 0 Å². The van der Waals surface area contributed by atoms with E-state index in [1.165, 1.54) is 6.07 Å². The predicted octanol–water partition coefficient (Wildman–Crippen LogP) is 4.08. The number of rotatable bonds is 2. The topological polar surface area (TPSA) is 37.3 Å². The van der Waals surface area contributed by atoms with Crippen molar-refractivity contribution < 1.29 is 14.3 Å². The second kappa shape index (κ2) is 5.27. The highest BCUT2D eigenvalue weighted by Crippen LogP contribution is 2.41. The van der Waals surface area contributed by atoms with Gasteiger partial charge in [0, 0.05) is 10.9 Å². The third-order valence-electron chi connectivity index (χ3n) is 3.79. The highest BCUT2D eigenvalue weighted by molar-refractivity contribution is 6.30. The smallest absolute Gasteiger partial charge is 0.307 e. The number of hydrogen-bond donors (Lipinski definition) is 1. The molecule has 1 aromatic rings. The van der Waals surface area contributed by atoms with Gasteiger partial charge < -0.3 is 5.11 Å². The van der Waals surface area contributed by atoms with E-state index in [2.05, 4.69) is 6.92 Å². The van der Waals surface area contributed by atoms with Crippen LogP contribution >= 0.6 is 11.6 Å². The summed E-state index contributed by atoms with van der Waals surface area (Å²) in [6, 6.07) is 4.50. The molecule has 0 amide bonds. The molecule has 0 radical (unpaired) electrons. The van der Waals surface area contributed by atoms with E-state index in [4.69, 9.17) is 11.6 Å². The first-order chi connectivity index (χ1) is 8.49. The Morgan fingerprint density at radius 1 is 1.44 bits per heavy atom. The van der Waals surface area contributed by atoms with Crippen molar-refractivity contribution in [3.63, 3.8) is 0 Å². The lowest BCUT2D eigenvalue weighted by molar-refractivity contribution is -0.143. The van der Waals surface area contributed by atoms with Crippen LogP contribution in [0, 0.1) is 17.7 Å². The van der Waals surface area contributed by atoms with E-state index < -0.39 is 17.7 Å². The third kappa shape index (κ3) is 2.66. The zero-order valence-corrected chi connectivity index (χ0v) is 11.0. The van der Waals surface area contributed by atoms with Crippen molar-refractivity contribution in [3.8, 4) is 0 Å². The summed E-state index contributed by atoms with van der Waals surface area (Å²) in [7, 11) is 0. The molecule has 3 atom stereocenters. The van der Waals surface area contributed by atoms with Crippen LogP contribution in [0.2, 0.25) is 5.02 Å². The van der Waals surface area contributed by atoms with Crippen LogP contribution in [0.1, 0.15) is 37.7 Å². The molecule has 2 rings (SSSR count). The molecule has 1 saturated carbocycles. The molecule has 0 spiro atoms. The van der Waals surface area contributed by atoms with Crippen molar-refractivity contribution in [1.29, 1.82) is 0 Å². The standard InChI is InChI=1S/C14H16ClFO2/c1-8-2-4-11(14(17)18)12(6-8)10-5-3-9(15)7-13(10)16/h3,5,7-8,11-12H,2,4,6H2,1H3,(H,17,18). The number of carboxylic acids is 1. The van der Waals surface area contributed by atoms with Gasteiger partial charge in [-0.2, -0.15) is 0 Å². The van der Waals surface area contributed by atoms with E-state index in [0.29, 0.717) is 22.9 Å². The molecule has 0 aromatic heterocycles. The Balaban J connectivity index is 2.35. The second-order valence-corrected chi connectivity index (χ2v) is 5.57. The summed E-state index contributed by atoms with van der Waals surface area (Å²) < 4.78 is 13.9. The van der Waals surface area contributed by atoms with Crippen LogP contribution in [0.15, 0.2) is 18.2 Å². The SMILES string of the molecule is CC1CCC(C(=O)O)C(c2ccc(Cl)cc2F)C1. The van der Waals surface area contributed by atoms with Gasteiger partial charge in [0.1, 0.15) is 5.82 Å². The molecule has 0 heterocycles. The zero-order chi connectivity index (χ0) is 13.3. The van der Waals surface area contributed by atoms with Crippen LogP contribution in [-0.2, 0) is 4.79 Å². The minimum atomic E-state index is -0.832. The molecule has 0 aliphatic heterocycles. The summed E-state index contributed by atoms with van der Waals surface area (Å²) in [4.78, 5) is 11.3. The molecule has 0 saturated heterocycles. The molecule has 1 fully saturated rings. The van der Waals surface area contributed by atoms with Crippen molar-refractivity contribution in [3.05, 3.63) is 34.6 Å². The van der Waals surface area contributed by atoms with E-state index >= 15 is 0 Å². The minimum absolute atomic E-state index is 0.247. The van der Waals surface area contributed by atoms with E-state index in [0.717, 1.165) is 12.8 Å². The monoisotopic (exact) mass is 270 g/mol. The molecule has 1 aliphatic carbocycles. The van der Waals surface area contributed by atoms with Crippen molar-refractivity contribution in [2.45, 2.75) is 32.1 Å².